The van der Waals surface area contributed by atoms with Crippen LogP contribution in [0.2, 0.25) is 0 Å². The molecule has 2 aromatic rings. The number of carbonyl (C=O) groups excluding carboxylic acids is 2. The number of aryl methyl sites for hydroxylation is 2. The van der Waals surface area contributed by atoms with Gasteiger partial charge < -0.3 is 20.7 Å². The maximum Gasteiger partial charge on any atom is 0.305 e. The largest absolute Gasteiger partial charge is 0.481 e. The Morgan fingerprint density at radius 2 is 1.81 bits per heavy atom. The van der Waals surface area contributed by atoms with Crippen molar-refractivity contribution in [3.8, 4) is 11.1 Å². The zero-order valence-corrected chi connectivity index (χ0v) is 21.5. The Labute approximate surface area is 214 Å². The molecule has 4 rings (SSSR count). The molecule has 2 fully saturated rings. The lowest BCUT2D eigenvalue weighted by Gasteiger charge is -2.49. The molecule has 1 aliphatic carbocycles. The van der Waals surface area contributed by atoms with Crippen molar-refractivity contribution in [3.05, 3.63) is 58.7 Å². The molecule has 4 atom stereocenters. The van der Waals surface area contributed by atoms with Crippen LogP contribution in [0.3, 0.4) is 0 Å². The van der Waals surface area contributed by atoms with E-state index in [-0.39, 0.29) is 29.9 Å². The predicted octanol–water partition coefficient (Wildman–Crippen LogP) is 4.40. The van der Waals surface area contributed by atoms with Crippen LogP contribution in [0, 0.1) is 48.1 Å². The quantitative estimate of drug-likeness (QED) is 0.534. The van der Waals surface area contributed by atoms with Crippen LogP contribution in [-0.4, -0.2) is 46.1 Å². The van der Waals surface area contributed by atoms with E-state index in [4.69, 9.17) is 5.41 Å². The molecule has 1 heterocycles. The number of nitrogens with zero attached hydrogens (tertiary/aromatic N) is 1. The fourth-order valence-corrected chi connectivity index (χ4v) is 6.16. The number of carboxylic acids is 1. The second-order valence-corrected chi connectivity index (χ2v) is 10.7. The van der Waals surface area contributed by atoms with Gasteiger partial charge in [-0.25, -0.2) is 8.78 Å². The van der Waals surface area contributed by atoms with Gasteiger partial charge in [0.05, 0.1) is 12.5 Å². The smallest absolute Gasteiger partial charge is 0.305 e. The fourth-order valence-electron chi connectivity index (χ4n) is 6.16. The van der Waals surface area contributed by atoms with E-state index in [0.29, 0.717) is 16.8 Å². The number of benzene rings is 2. The van der Waals surface area contributed by atoms with Crippen molar-refractivity contribution in [3.63, 3.8) is 0 Å². The number of likely N-dealkylation sites (tertiary alicyclic amines) is 1. The lowest BCUT2D eigenvalue weighted by atomic mass is 9.53. The molecule has 0 aromatic heterocycles. The average Bonchev–Trinajstić information content (AvgIpc) is 3.19. The number of fused-ring (bicyclic) bond motifs is 1. The molecule has 2 aromatic carbocycles. The van der Waals surface area contributed by atoms with Crippen molar-refractivity contribution < 1.29 is 28.3 Å². The Kier molecular flexibility index (Phi) is 6.69. The second-order valence-electron chi connectivity index (χ2n) is 10.7. The molecular weight excluding hydrogens is 480 g/mol. The molecule has 0 unspecified atom stereocenters. The number of hydrogen-bond donors (Lipinski definition) is 3. The van der Waals surface area contributed by atoms with Gasteiger partial charge in [0.15, 0.2) is 11.6 Å². The van der Waals surface area contributed by atoms with Crippen LogP contribution in [0.25, 0.3) is 11.1 Å². The summed E-state index contributed by atoms with van der Waals surface area (Å²) >= 11 is 0. The molecule has 3 N–H and O–H groups in total. The van der Waals surface area contributed by atoms with Crippen molar-refractivity contribution in [2.45, 2.75) is 53.1 Å². The molecule has 0 bridgehead atoms. The third-order valence-electron chi connectivity index (χ3n) is 7.97. The number of nitrogens with one attached hydrogen (secondary N) is 2. The number of aliphatic carboxylic acids is 1. The number of halogens is 2. The summed E-state index contributed by atoms with van der Waals surface area (Å²) in [6.07, 6.45) is -0.682. The topological polar surface area (TPSA) is 111 Å². The first-order valence-electron chi connectivity index (χ1n) is 12.2. The number of carboxylic acid groups (broad SMARTS) is 1. The maximum atomic E-state index is 15.1. The van der Waals surface area contributed by atoms with Crippen LogP contribution in [0.15, 0.2) is 30.3 Å². The van der Waals surface area contributed by atoms with Crippen molar-refractivity contribution in [2.75, 3.05) is 6.54 Å². The van der Waals surface area contributed by atoms with Crippen molar-refractivity contribution in [1.29, 1.82) is 5.41 Å². The highest BCUT2D eigenvalue weighted by atomic mass is 19.2. The zero-order chi connectivity index (χ0) is 27.4. The van der Waals surface area contributed by atoms with Crippen LogP contribution in [0.4, 0.5) is 8.78 Å². The van der Waals surface area contributed by atoms with Gasteiger partial charge in [-0.15, -0.1) is 0 Å². The molecule has 1 aliphatic heterocycles. The number of amides is 2. The molecule has 37 heavy (non-hydrogen) atoms. The van der Waals surface area contributed by atoms with Gasteiger partial charge in [0.2, 0.25) is 11.8 Å². The van der Waals surface area contributed by atoms with E-state index in [1.54, 1.807) is 0 Å². The van der Waals surface area contributed by atoms with Crippen molar-refractivity contribution >= 4 is 23.5 Å². The zero-order valence-electron chi connectivity index (χ0n) is 21.5. The molecule has 9 heteroatoms. The number of hydrogen-bond acceptors (Lipinski definition) is 4. The minimum atomic E-state index is -1.38. The third-order valence-corrected chi connectivity index (χ3v) is 7.97. The first-order chi connectivity index (χ1) is 17.2. The van der Waals surface area contributed by atoms with Gasteiger partial charge in [-0.2, -0.15) is 0 Å². The molecule has 7 nitrogen and oxygen atoms in total. The molecule has 0 radical (unpaired) electrons. The first kappa shape index (κ1) is 26.4. The molecule has 1 saturated heterocycles. The maximum absolute atomic E-state index is 15.1. The average molecular weight is 512 g/mol. The highest BCUT2D eigenvalue weighted by molar-refractivity contribution is 6.01. The van der Waals surface area contributed by atoms with E-state index in [9.17, 15) is 23.9 Å². The monoisotopic (exact) mass is 511 g/mol. The minimum absolute atomic E-state index is 0.217. The van der Waals surface area contributed by atoms with Gasteiger partial charge in [-0.1, -0.05) is 32.0 Å². The molecule has 196 valence electrons. The number of rotatable bonds is 6. The normalized spacial score (nSPS) is 22.7. The minimum Gasteiger partial charge on any atom is -0.481 e. The SMILES string of the molecule is CC(=O)N1C[C@H]2C(=N)C(C)(C)[C@@H]2[C@H]1C(=O)N[C@@H](CC(=O)O)c1cc(-c2c(C)cccc2C)cc(F)c1F. The lowest BCUT2D eigenvalue weighted by molar-refractivity contribution is -0.140. The van der Waals surface area contributed by atoms with Gasteiger partial charge in [-0.05, 0) is 48.2 Å². The van der Waals surface area contributed by atoms with Crippen LogP contribution < -0.4 is 5.32 Å². The fraction of sp³-hybridized carbons (Fsp3) is 0.429. The molecule has 1 saturated carbocycles. The standard InChI is InChI=1S/C28H31F2N3O4/c1-13-7-6-8-14(2)22(13)16-9-17(24(30)19(29)10-16)20(11-21(35)36)32-27(37)25-23-18(12-33(25)15(3)34)26(31)28(23,4)5/h6-10,18,20,23,25,31H,11-12H2,1-5H3,(H,32,37)(H,35,36)/t18-,20+,23+,25+/m1/s1. The van der Waals surface area contributed by atoms with E-state index in [2.05, 4.69) is 5.32 Å². The van der Waals surface area contributed by atoms with Crippen LogP contribution in [0.5, 0.6) is 0 Å². The first-order valence-corrected chi connectivity index (χ1v) is 12.2. The summed E-state index contributed by atoms with van der Waals surface area (Å²) in [6, 6.07) is 5.64. The summed E-state index contributed by atoms with van der Waals surface area (Å²) in [6.45, 7) is 8.89. The van der Waals surface area contributed by atoms with E-state index in [1.807, 2.05) is 45.9 Å². The van der Waals surface area contributed by atoms with Gasteiger partial charge >= 0.3 is 5.97 Å². The third kappa shape index (κ3) is 4.40. The Hall–Kier alpha value is -3.62. The molecule has 2 aliphatic rings. The summed E-state index contributed by atoms with van der Waals surface area (Å²) in [4.78, 5) is 39.1. The number of carbonyl (C=O) groups is 3. The van der Waals surface area contributed by atoms with Gasteiger partial charge in [0.1, 0.15) is 6.04 Å². The molecule has 2 amide bonds. The summed E-state index contributed by atoms with van der Waals surface area (Å²) in [5, 5.41) is 20.5. The van der Waals surface area contributed by atoms with E-state index < -0.39 is 47.4 Å². The predicted molar refractivity (Wildman–Crippen MR) is 134 cm³/mol. The summed E-state index contributed by atoms with van der Waals surface area (Å²) < 4.78 is 30.0. The second kappa shape index (κ2) is 9.36. The lowest BCUT2D eigenvalue weighted by Crippen LogP contribution is -2.59. The van der Waals surface area contributed by atoms with Crippen molar-refractivity contribution in [2.24, 2.45) is 17.3 Å². The Bertz CT molecular complexity index is 1300. The highest BCUT2D eigenvalue weighted by Crippen LogP contribution is 2.54. The van der Waals surface area contributed by atoms with E-state index in [0.717, 1.165) is 17.2 Å². The Balaban J connectivity index is 1.75. The van der Waals surface area contributed by atoms with Gasteiger partial charge in [-0.3, -0.25) is 14.4 Å². The summed E-state index contributed by atoms with van der Waals surface area (Å²) in [5.41, 5.74) is 2.28. The van der Waals surface area contributed by atoms with Crippen LogP contribution >= 0.6 is 0 Å². The van der Waals surface area contributed by atoms with E-state index in [1.165, 1.54) is 17.9 Å². The Morgan fingerprint density at radius 3 is 2.38 bits per heavy atom. The van der Waals surface area contributed by atoms with Crippen LogP contribution in [-0.2, 0) is 14.4 Å². The van der Waals surface area contributed by atoms with Crippen LogP contribution in [0.1, 0.15) is 49.9 Å². The van der Waals surface area contributed by atoms with E-state index >= 15 is 4.39 Å². The van der Waals surface area contributed by atoms with Gasteiger partial charge in [0, 0.05) is 42.0 Å². The molecular formula is C28H31F2N3O4. The Morgan fingerprint density at radius 1 is 1.19 bits per heavy atom. The van der Waals surface area contributed by atoms with Crippen molar-refractivity contribution in [1.82, 2.24) is 10.2 Å². The summed E-state index contributed by atoms with van der Waals surface area (Å²) in [5.74, 6) is -5.29. The molecule has 0 spiro atoms. The summed E-state index contributed by atoms with van der Waals surface area (Å²) in [7, 11) is 0. The highest BCUT2D eigenvalue weighted by Gasteiger charge is 2.64. The van der Waals surface area contributed by atoms with Gasteiger partial charge in [0.25, 0.3) is 0 Å².